The summed E-state index contributed by atoms with van der Waals surface area (Å²) in [5.41, 5.74) is 1.24. The molecule has 0 spiro atoms. The summed E-state index contributed by atoms with van der Waals surface area (Å²) in [4.78, 5) is 9.85. The summed E-state index contributed by atoms with van der Waals surface area (Å²) in [6, 6.07) is 8.21. The van der Waals surface area contributed by atoms with Gasteiger partial charge in [-0.15, -0.1) is 11.3 Å². The van der Waals surface area contributed by atoms with Crippen molar-refractivity contribution in [2.75, 3.05) is 26.7 Å². The number of nitrogens with one attached hydrogen (secondary N) is 2. The number of para-hydroxylation sites is 1. The Hall–Kier alpha value is -2.08. The van der Waals surface area contributed by atoms with Crippen molar-refractivity contribution in [2.24, 2.45) is 4.99 Å². The van der Waals surface area contributed by atoms with Crippen molar-refractivity contribution < 1.29 is 4.74 Å². The third kappa shape index (κ3) is 6.38. The highest BCUT2D eigenvalue weighted by molar-refractivity contribution is 7.11. The van der Waals surface area contributed by atoms with Gasteiger partial charge in [-0.1, -0.05) is 32.0 Å². The molecule has 0 atom stereocenters. The summed E-state index contributed by atoms with van der Waals surface area (Å²) in [6.07, 6.45) is 2.82. The van der Waals surface area contributed by atoms with E-state index < -0.39 is 0 Å². The summed E-state index contributed by atoms with van der Waals surface area (Å²) in [5.74, 6) is 2.20. The lowest BCUT2D eigenvalue weighted by molar-refractivity contribution is 0.317. The summed E-state index contributed by atoms with van der Waals surface area (Å²) < 4.78 is 5.92. The van der Waals surface area contributed by atoms with Crippen LogP contribution < -0.4 is 15.4 Å². The molecule has 2 rings (SSSR count). The molecular formula is C19H28N4OS. The second kappa shape index (κ2) is 10.0. The van der Waals surface area contributed by atoms with Gasteiger partial charge in [0.25, 0.3) is 0 Å². The van der Waals surface area contributed by atoms with Crippen LogP contribution >= 0.6 is 11.3 Å². The highest BCUT2D eigenvalue weighted by atomic mass is 32.1. The fraction of sp³-hybridized carbons (Fsp3) is 0.474. The largest absolute Gasteiger partial charge is 0.491 e. The molecule has 6 heteroatoms. The molecule has 5 nitrogen and oxygen atoms in total. The predicted octanol–water partition coefficient (Wildman–Crippen LogP) is 3.36. The standard InChI is InChI=1S/C19H28N4OS/c1-14(2)16-7-5-6-8-17(16)24-12-11-22-19(20-4)21-10-9-18-23-13-15(3)25-18/h5-8,13-14H,9-12H2,1-4H3,(H2,20,21,22). The van der Waals surface area contributed by atoms with Crippen molar-refractivity contribution in [3.05, 3.63) is 45.9 Å². The molecule has 0 saturated carbocycles. The molecule has 0 bridgehead atoms. The number of rotatable bonds is 8. The molecule has 2 N–H and O–H groups in total. The molecular weight excluding hydrogens is 332 g/mol. The van der Waals surface area contributed by atoms with Gasteiger partial charge >= 0.3 is 0 Å². The number of aromatic nitrogens is 1. The first kappa shape index (κ1) is 19.2. The Morgan fingerprint density at radius 3 is 2.68 bits per heavy atom. The smallest absolute Gasteiger partial charge is 0.191 e. The van der Waals surface area contributed by atoms with Crippen molar-refractivity contribution in [2.45, 2.75) is 33.1 Å². The molecule has 1 heterocycles. The molecule has 1 aromatic heterocycles. The van der Waals surface area contributed by atoms with Crippen LogP contribution in [0.3, 0.4) is 0 Å². The molecule has 2 aromatic rings. The minimum atomic E-state index is 0.452. The van der Waals surface area contributed by atoms with Crippen LogP contribution in [0.1, 0.15) is 35.2 Å². The van der Waals surface area contributed by atoms with Gasteiger partial charge in [-0.25, -0.2) is 4.98 Å². The van der Waals surface area contributed by atoms with E-state index in [1.165, 1.54) is 10.4 Å². The van der Waals surface area contributed by atoms with Gasteiger partial charge < -0.3 is 15.4 Å². The topological polar surface area (TPSA) is 58.5 Å². The van der Waals surface area contributed by atoms with Gasteiger partial charge in [0.2, 0.25) is 0 Å². The van der Waals surface area contributed by atoms with Gasteiger partial charge in [-0.05, 0) is 24.5 Å². The van der Waals surface area contributed by atoms with Crippen LogP contribution in [-0.2, 0) is 6.42 Å². The number of thiazole rings is 1. The van der Waals surface area contributed by atoms with Crippen LogP contribution in [0.4, 0.5) is 0 Å². The number of hydrogen-bond donors (Lipinski definition) is 2. The van der Waals surface area contributed by atoms with Crippen molar-refractivity contribution in [1.82, 2.24) is 15.6 Å². The maximum Gasteiger partial charge on any atom is 0.191 e. The Morgan fingerprint density at radius 2 is 2.00 bits per heavy atom. The predicted molar refractivity (Wildman–Crippen MR) is 106 cm³/mol. The van der Waals surface area contributed by atoms with Gasteiger partial charge in [0.1, 0.15) is 12.4 Å². The number of aryl methyl sites for hydroxylation is 1. The Balaban J connectivity index is 1.69. The molecule has 0 aliphatic carbocycles. The first-order valence-corrected chi connectivity index (χ1v) is 9.49. The van der Waals surface area contributed by atoms with Crippen LogP contribution in [0.2, 0.25) is 0 Å². The molecule has 0 amide bonds. The molecule has 0 fully saturated rings. The minimum absolute atomic E-state index is 0.452. The zero-order chi connectivity index (χ0) is 18.1. The second-order valence-corrected chi connectivity index (χ2v) is 7.40. The molecule has 1 aromatic carbocycles. The summed E-state index contributed by atoms with van der Waals surface area (Å²) in [6.45, 7) is 8.53. The lowest BCUT2D eigenvalue weighted by Crippen LogP contribution is -2.40. The van der Waals surface area contributed by atoms with Crippen LogP contribution in [0.5, 0.6) is 5.75 Å². The summed E-state index contributed by atoms with van der Waals surface area (Å²) >= 11 is 1.74. The minimum Gasteiger partial charge on any atom is -0.491 e. The Kier molecular flexibility index (Phi) is 7.73. The van der Waals surface area contributed by atoms with Crippen molar-refractivity contribution in [3.8, 4) is 5.75 Å². The first-order valence-electron chi connectivity index (χ1n) is 8.67. The highest BCUT2D eigenvalue weighted by Gasteiger charge is 2.06. The zero-order valence-corrected chi connectivity index (χ0v) is 16.3. The monoisotopic (exact) mass is 360 g/mol. The number of nitrogens with zero attached hydrogens (tertiary/aromatic N) is 2. The van der Waals surface area contributed by atoms with E-state index in [0.717, 1.165) is 29.7 Å². The first-order chi connectivity index (χ1) is 12.1. The lowest BCUT2D eigenvalue weighted by Gasteiger charge is -2.15. The number of benzene rings is 1. The summed E-state index contributed by atoms with van der Waals surface area (Å²) in [5, 5.41) is 7.73. The van der Waals surface area contributed by atoms with Crippen molar-refractivity contribution in [1.29, 1.82) is 0 Å². The zero-order valence-electron chi connectivity index (χ0n) is 15.5. The number of aliphatic imine (C=N–C) groups is 1. The molecule has 0 saturated heterocycles. The van der Waals surface area contributed by atoms with E-state index >= 15 is 0 Å². The summed E-state index contributed by atoms with van der Waals surface area (Å²) in [7, 11) is 1.78. The Morgan fingerprint density at radius 1 is 1.24 bits per heavy atom. The highest BCUT2D eigenvalue weighted by Crippen LogP contribution is 2.25. The molecule has 0 radical (unpaired) electrons. The van der Waals surface area contributed by atoms with E-state index in [1.807, 2.05) is 18.3 Å². The van der Waals surface area contributed by atoms with Crippen LogP contribution in [0, 0.1) is 6.92 Å². The van der Waals surface area contributed by atoms with Gasteiger partial charge in [0.05, 0.1) is 11.6 Å². The molecule has 0 aliphatic rings. The maximum atomic E-state index is 5.92. The van der Waals surface area contributed by atoms with Crippen molar-refractivity contribution in [3.63, 3.8) is 0 Å². The molecule has 136 valence electrons. The van der Waals surface area contributed by atoms with Gasteiger partial charge in [0, 0.05) is 31.1 Å². The Bertz CT molecular complexity index is 682. The lowest BCUT2D eigenvalue weighted by atomic mass is 10.0. The SMILES string of the molecule is CN=C(NCCOc1ccccc1C(C)C)NCCc1ncc(C)s1. The van der Waals surface area contributed by atoms with Gasteiger partial charge in [-0.3, -0.25) is 4.99 Å². The third-order valence-electron chi connectivity index (χ3n) is 3.72. The van der Waals surface area contributed by atoms with Gasteiger partial charge in [0.15, 0.2) is 5.96 Å². The normalized spacial score (nSPS) is 11.6. The third-order valence-corrected chi connectivity index (χ3v) is 4.69. The van der Waals surface area contributed by atoms with E-state index in [-0.39, 0.29) is 0 Å². The number of guanidine groups is 1. The molecule has 0 unspecified atom stereocenters. The fourth-order valence-corrected chi connectivity index (χ4v) is 3.23. The molecule has 0 aliphatic heterocycles. The van der Waals surface area contributed by atoms with Crippen LogP contribution in [0.15, 0.2) is 35.5 Å². The average Bonchev–Trinajstić information content (AvgIpc) is 3.02. The number of ether oxygens (including phenoxy) is 1. The average molecular weight is 361 g/mol. The van der Waals surface area contributed by atoms with Crippen LogP contribution in [-0.4, -0.2) is 37.7 Å². The van der Waals surface area contributed by atoms with E-state index in [9.17, 15) is 0 Å². The van der Waals surface area contributed by atoms with Gasteiger partial charge in [-0.2, -0.15) is 0 Å². The van der Waals surface area contributed by atoms with E-state index in [4.69, 9.17) is 4.74 Å². The molecule has 25 heavy (non-hydrogen) atoms. The number of hydrogen-bond acceptors (Lipinski definition) is 4. The van der Waals surface area contributed by atoms with E-state index in [1.54, 1.807) is 18.4 Å². The van der Waals surface area contributed by atoms with Crippen molar-refractivity contribution >= 4 is 17.3 Å². The van der Waals surface area contributed by atoms with Crippen LogP contribution in [0.25, 0.3) is 0 Å². The second-order valence-electron chi connectivity index (χ2n) is 6.08. The maximum absolute atomic E-state index is 5.92. The Labute approximate surface area is 154 Å². The fourth-order valence-electron chi connectivity index (χ4n) is 2.44. The quantitative estimate of drug-likeness (QED) is 0.430. The van der Waals surface area contributed by atoms with E-state index in [2.05, 4.69) is 53.5 Å². The van der Waals surface area contributed by atoms with E-state index in [0.29, 0.717) is 19.1 Å².